The van der Waals surface area contributed by atoms with Crippen molar-refractivity contribution in [2.45, 2.75) is 6.42 Å². The maximum atomic E-state index is 11.0. The summed E-state index contributed by atoms with van der Waals surface area (Å²) >= 11 is 3.34. The Balaban J connectivity index is 3.15. The van der Waals surface area contributed by atoms with Crippen LogP contribution in [-0.4, -0.2) is 50.3 Å². The number of carboxylic acids is 1. The van der Waals surface area contributed by atoms with Gasteiger partial charge in [0.2, 0.25) is 0 Å². The minimum absolute atomic E-state index is 0.372. The molecule has 0 fully saturated rings. The Bertz CT molecular complexity index is 636. The number of nitriles is 1. The number of carboxylic acid groups (broad SMARTS) is 1. The summed E-state index contributed by atoms with van der Waals surface area (Å²) in [5.74, 6) is -0.397. The van der Waals surface area contributed by atoms with Crippen molar-refractivity contribution in [3.05, 3.63) is 27.7 Å². The van der Waals surface area contributed by atoms with Crippen LogP contribution in [0.25, 0.3) is 6.08 Å². The summed E-state index contributed by atoms with van der Waals surface area (Å²) in [7, 11) is 5.45. The zero-order chi connectivity index (χ0) is 17.4. The number of hydrogen-bond acceptors (Lipinski definition) is 5. The number of ether oxygens (including phenoxy) is 2. The van der Waals surface area contributed by atoms with Crippen LogP contribution in [0.15, 0.2) is 22.2 Å². The van der Waals surface area contributed by atoms with Crippen LogP contribution in [0, 0.1) is 11.3 Å². The van der Waals surface area contributed by atoms with E-state index in [1.807, 2.05) is 19.0 Å². The van der Waals surface area contributed by atoms with Gasteiger partial charge >= 0.3 is 5.97 Å². The normalized spacial score (nSPS) is 11.2. The molecule has 7 heteroatoms. The third-order valence-corrected chi connectivity index (χ3v) is 3.37. The van der Waals surface area contributed by atoms with E-state index in [0.29, 0.717) is 28.1 Å². The molecule has 0 radical (unpaired) electrons. The summed E-state index contributed by atoms with van der Waals surface area (Å²) in [6.45, 7) is 1.31. The molecule has 1 aromatic rings. The van der Waals surface area contributed by atoms with Gasteiger partial charge in [0.25, 0.3) is 0 Å². The number of rotatable bonds is 8. The third kappa shape index (κ3) is 5.93. The van der Waals surface area contributed by atoms with Gasteiger partial charge in [-0.25, -0.2) is 4.79 Å². The zero-order valence-electron chi connectivity index (χ0n) is 13.3. The van der Waals surface area contributed by atoms with Crippen LogP contribution in [0.4, 0.5) is 0 Å². The average molecular weight is 383 g/mol. The quantitative estimate of drug-likeness (QED) is 0.422. The molecule has 0 aliphatic carbocycles. The first-order chi connectivity index (χ1) is 10.9. The molecule has 0 bridgehead atoms. The van der Waals surface area contributed by atoms with Crippen LogP contribution in [0.2, 0.25) is 0 Å². The molecule has 0 saturated heterocycles. The molecule has 0 aromatic heterocycles. The lowest BCUT2D eigenvalue weighted by molar-refractivity contribution is -0.132. The van der Waals surface area contributed by atoms with Gasteiger partial charge in [-0.3, -0.25) is 0 Å². The zero-order valence-corrected chi connectivity index (χ0v) is 14.9. The molecule has 0 atom stereocenters. The number of benzene rings is 1. The molecule has 0 saturated carbocycles. The minimum Gasteiger partial charge on any atom is -0.493 e. The molecule has 124 valence electrons. The summed E-state index contributed by atoms with van der Waals surface area (Å²) in [6, 6.07) is 5.07. The number of methoxy groups -OCH3 is 1. The van der Waals surface area contributed by atoms with Gasteiger partial charge in [0.15, 0.2) is 11.5 Å². The molecule has 0 aliphatic rings. The maximum Gasteiger partial charge on any atom is 0.346 e. The number of aliphatic carboxylic acids is 1. The van der Waals surface area contributed by atoms with Crippen molar-refractivity contribution in [2.24, 2.45) is 0 Å². The second-order valence-corrected chi connectivity index (χ2v) is 5.92. The van der Waals surface area contributed by atoms with E-state index in [-0.39, 0.29) is 5.57 Å². The van der Waals surface area contributed by atoms with Crippen molar-refractivity contribution < 1.29 is 19.4 Å². The number of nitrogens with zero attached hydrogens (tertiary/aromatic N) is 2. The smallest absolute Gasteiger partial charge is 0.346 e. The van der Waals surface area contributed by atoms with Gasteiger partial charge in [-0.2, -0.15) is 5.26 Å². The fraction of sp³-hybridized carbons (Fsp3) is 0.375. The Hall–Kier alpha value is -2.04. The molecular formula is C16H19BrN2O4. The Labute approximate surface area is 144 Å². The molecule has 23 heavy (non-hydrogen) atoms. The van der Waals surface area contributed by atoms with Crippen LogP contribution in [0.5, 0.6) is 11.5 Å². The summed E-state index contributed by atoms with van der Waals surface area (Å²) in [6.07, 6.45) is 2.08. The average Bonchev–Trinajstić information content (AvgIpc) is 2.49. The van der Waals surface area contributed by atoms with Gasteiger partial charge in [0.05, 0.1) is 13.7 Å². The molecule has 1 N–H and O–H groups in total. The molecule has 1 aromatic carbocycles. The highest BCUT2D eigenvalue weighted by Gasteiger charge is 2.14. The summed E-state index contributed by atoms with van der Waals surface area (Å²) in [5, 5.41) is 17.9. The van der Waals surface area contributed by atoms with E-state index in [4.69, 9.17) is 19.8 Å². The summed E-state index contributed by atoms with van der Waals surface area (Å²) in [5.41, 5.74) is 0.100. The Kier molecular flexibility index (Phi) is 7.59. The Morgan fingerprint density at radius 2 is 2.17 bits per heavy atom. The fourth-order valence-electron chi connectivity index (χ4n) is 1.85. The molecule has 0 heterocycles. The van der Waals surface area contributed by atoms with E-state index < -0.39 is 5.97 Å². The second-order valence-electron chi connectivity index (χ2n) is 5.01. The third-order valence-electron chi connectivity index (χ3n) is 2.92. The van der Waals surface area contributed by atoms with Gasteiger partial charge in [-0.1, -0.05) is 15.9 Å². The van der Waals surface area contributed by atoms with Gasteiger partial charge in [-0.05, 0) is 38.7 Å². The van der Waals surface area contributed by atoms with Crippen molar-refractivity contribution >= 4 is 28.0 Å². The molecule has 0 unspecified atom stereocenters. The first kappa shape index (κ1) is 19.0. The van der Waals surface area contributed by atoms with E-state index in [9.17, 15) is 4.79 Å². The maximum absolute atomic E-state index is 11.0. The van der Waals surface area contributed by atoms with Gasteiger partial charge in [0.1, 0.15) is 11.6 Å². The Morgan fingerprint density at radius 1 is 1.48 bits per heavy atom. The van der Waals surface area contributed by atoms with Gasteiger partial charge in [0, 0.05) is 16.6 Å². The van der Waals surface area contributed by atoms with E-state index in [0.717, 1.165) is 13.0 Å². The fourth-order valence-corrected chi connectivity index (χ4v) is 2.31. The van der Waals surface area contributed by atoms with Crippen molar-refractivity contribution in [1.82, 2.24) is 4.90 Å². The molecule has 0 spiro atoms. The van der Waals surface area contributed by atoms with Gasteiger partial charge in [-0.15, -0.1) is 0 Å². The molecular weight excluding hydrogens is 364 g/mol. The second kappa shape index (κ2) is 9.18. The topological polar surface area (TPSA) is 82.8 Å². The summed E-state index contributed by atoms with van der Waals surface area (Å²) in [4.78, 5) is 13.1. The van der Waals surface area contributed by atoms with Crippen LogP contribution < -0.4 is 9.47 Å². The van der Waals surface area contributed by atoms with Crippen LogP contribution in [-0.2, 0) is 4.79 Å². The number of hydrogen-bond donors (Lipinski definition) is 1. The lowest BCUT2D eigenvalue weighted by Crippen LogP contribution is -2.15. The van der Waals surface area contributed by atoms with Crippen molar-refractivity contribution in [3.63, 3.8) is 0 Å². The SMILES string of the molecule is COc1cc(Br)cc(C=C(C#N)C(=O)O)c1OCCCN(C)C. The van der Waals surface area contributed by atoms with Crippen molar-refractivity contribution in [3.8, 4) is 17.6 Å². The van der Waals surface area contributed by atoms with Gasteiger partial charge < -0.3 is 19.5 Å². The highest BCUT2D eigenvalue weighted by atomic mass is 79.9. The minimum atomic E-state index is -1.29. The van der Waals surface area contributed by atoms with E-state index in [2.05, 4.69) is 15.9 Å². The predicted octanol–water partition coefficient (Wildman–Crippen LogP) is 2.78. The predicted molar refractivity (Wildman–Crippen MR) is 90.6 cm³/mol. The van der Waals surface area contributed by atoms with E-state index in [1.54, 1.807) is 18.2 Å². The van der Waals surface area contributed by atoms with E-state index >= 15 is 0 Å². The molecule has 1 rings (SSSR count). The standard InChI is InChI=1S/C16H19BrN2O4/c1-19(2)5-4-6-23-15-11(7-12(10-18)16(20)21)8-13(17)9-14(15)22-3/h7-9H,4-6H2,1-3H3,(H,20,21). The first-order valence-electron chi connectivity index (χ1n) is 6.89. The lowest BCUT2D eigenvalue weighted by Gasteiger charge is -2.15. The van der Waals surface area contributed by atoms with E-state index in [1.165, 1.54) is 13.2 Å². The first-order valence-corrected chi connectivity index (χ1v) is 7.68. The van der Waals surface area contributed by atoms with Crippen LogP contribution >= 0.6 is 15.9 Å². The number of carbonyl (C=O) groups is 1. The van der Waals surface area contributed by atoms with Crippen molar-refractivity contribution in [2.75, 3.05) is 34.4 Å². The van der Waals surface area contributed by atoms with Crippen LogP contribution in [0.3, 0.4) is 0 Å². The number of halogens is 1. The van der Waals surface area contributed by atoms with Crippen LogP contribution in [0.1, 0.15) is 12.0 Å². The summed E-state index contributed by atoms with van der Waals surface area (Å²) < 4.78 is 11.8. The van der Waals surface area contributed by atoms with Crippen molar-refractivity contribution in [1.29, 1.82) is 5.26 Å². The highest BCUT2D eigenvalue weighted by Crippen LogP contribution is 2.36. The Morgan fingerprint density at radius 3 is 2.70 bits per heavy atom. The molecule has 0 aliphatic heterocycles. The molecule has 0 amide bonds. The highest BCUT2D eigenvalue weighted by molar-refractivity contribution is 9.10. The monoisotopic (exact) mass is 382 g/mol. The lowest BCUT2D eigenvalue weighted by atomic mass is 10.1. The molecule has 6 nitrogen and oxygen atoms in total. The largest absolute Gasteiger partial charge is 0.493 e.